The molecule has 2 fully saturated rings. The first kappa shape index (κ1) is 12.8. The van der Waals surface area contributed by atoms with Gasteiger partial charge in [0.1, 0.15) is 0 Å². The summed E-state index contributed by atoms with van der Waals surface area (Å²) in [5.41, 5.74) is 0.965. The van der Waals surface area contributed by atoms with Gasteiger partial charge in [-0.25, -0.2) is 0 Å². The van der Waals surface area contributed by atoms with Crippen LogP contribution in [0.4, 0.5) is 0 Å². The van der Waals surface area contributed by atoms with Crippen LogP contribution < -0.4 is 10.1 Å². The van der Waals surface area contributed by atoms with Crippen molar-refractivity contribution in [2.75, 3.05) is 26.7 Å². The maximum Gasteiger partial charge on any atom is 0.162 e. The molecule has 104 valence electrons. The second-order valence-corrected chi connectivity index (χ2v) is 5.57. The maximum atomic E-state index is 10.2. The van der Waals surface area contributed by atoms with Gasteiger partial charge in [-0.1, -0.05) is 12.1 Å². The number of benzene rings is 1. The standard InChI is InChI=1S/C15H22N2O2/c1-19-14-6-2-4-12(15(14)18)10-17-7-3-5-11-8-16-9-13(11)17/h2,4,6,11,13,16,18H,3,5,7-10H2,1H3. The first-order valence-corrected chi connectivity index (χ1v) is 7.09. The summed E-state index contributed by atoms with van der Waals surface area (Å²) in [7, 11) is 1.59. The molecule has 3 rings (SSSR count). The molecule has 0 radical (unpaired) electrons. The van der Waals surface area contributed by atoms with Crippen LogP contribution in [0.25, 0.3) is 0 Å². The molecule has 4 heteroatoms. The van der Waals surface area contributed by atoms with Crippen LogP contribution in [0.15, 0.2) is 18.2 Å². The van der Waals surface area contributed by atoms with Gasteiger partial charge in [0.05, 0.1) is 7.11 Å². The highest BCUT2D eigenvalue weighted by Gasteiger charge is 2.35. The van der Waals surface area contributed by atoms with Crippen LogP contribution in [-0.4, -0.2) is 42.8 Å². The van der Waals surface area contributed by atoms with E-state index in [1.54, 1.807) is 13.2 Å². The van der Waals surface area contributed by atoms with Crippen molar-refractivity contribution < 1.29 is 9.84 Å². The van der Waals surface area contributed by atoms with Gasteiger partial charge < -0.3 is 15.2 Å². The van der Waals surface area contributed by atoms with Crippen LogP contribution in [0.3, 0.4) is 0 Å². The van der Waals surface area contributed by atoms with Gasteiger partial charge in [0.15, 0.2) is 11.5 Å². The number of nitrogens with zero attached hydrogens (tertiary/aromatic N) is 1. The Morgan fingerprint density at radius 1 is 1.42 bits per heavy atom. The van der Waals surface area contributed by atoms with E-state index < -0.39 is 0 Å². The van der Waals surface area contributed by atoms with E-state index in [0.29, 0.717) is 11.8 Å². The Kier molecular flexibility index (Phi) is 3.62. The Hall–Kier alpha value is -1.26. The molecule has 19 heavy (non-hydrogen) atoms. The maximum absolute atomic E-state index is 10.2. The fourth-order valence-corrected chi connectivity index (χ4v) is 3.44. The zero-order valence-corrected chi connectivity index (χ0v) is 11.4. The molecule has 2 aliphatic heterocycles. The summed E-state index contributed by atoms with van der Waals surface area (Å²) < 4.78 is 5.18. The topological polar surface area (TPSA) is 44.7 Å². The van der Waals surface area contributed by atoms with Crippen molar-refractivity contribution in [3.63, 3.8) is 0 Å². The van der Waals surface area contributed by atoms with Crippen molar-refractivity contribution in [1.82, 2.24) is 10.2 Å². The molecule has 2 saturated heterocycles. The molecule has 0 spiro atoms. The number of rotatable bonds is 3. The van der Waals surface area contributed by atoms with E-state index in [-0.39, 0.29) is 5.75 Å². The lowest BCUT2D eigenvalue weighted by Crippen LogP contribution is -2.44. The number of nitrogens with one attached hydrogen (secondary N) is 1. The molecule has 0 amide bonds. The smallest absolute Gasteiger partial charge is 0.162 e. The highest BCUT2D eigenvalue weighted by molar-refractivity contribution is 5.45. The van der Waals surface area contributed by atoms with Crippen molar-refractivity contribution in [2.24, 2.45) is 5.92 Å². The van der Waals surface area contributed by atoms with Gasteiger partial charge in [0, 0.05) is 24.7 Å². The Morgan fingerprint density at radius 3 is 3.16 bits per heavy atom. The molecule has 0 aromatic heterocycles. The molecule has 0 saturated carbocycles. The fraction of sp³-hybridized carbons (Fsp3) is 0.600. The molecular formula is C15H22N2O2. The Bertz CT molecular complexity index is 450. The average molecular weight is 262 g/mol. The van der Waals surface area contributed by atoms with E-state index in [9.17, 15) is 5.11 Å². The monoisotopic (exact) mass is 262 g/mol. The lowest BCUT2D eigenvalue weighted by atomic mass is 9.91. The van der Waals surface area contributed by atoms with Crippen molar-refractivity contribution in [2.45, 2.75) is 25.4 Å². The van der Waals surface area contributed by atoms with E-state index in [2.05, 4.69) is 10.2 Å². The minimum atomic E-state index is 0.290. The van der Waals surface area contributed by atoms with Gasteiger partial charge in [-0.05, 0) is 37.9 Å². The molecule has 0 bridgehead atoms. The number of phenolic OH excluding ortho intramolecular Hbond substituents is 1. The van der Waals surface area contributed by atoms with Gasteiger partial charge in [-0.3, -0.25) is 4.90 Å². The van der Waals surface area contributed by atoms with Gasteiger partial charge in [0.2, 0.25) is 0 Å². The van der Waals surface area contributed by atoms with Gasteiger partial charge in [-0.2, -0.15) is 0 Å². The largest absolute Gasteiger partial charge is 0.504 e. The molecule has 2 unspecified atom stereocenters. The first-order valence-electron chi connectivity index (χ1n) is 7.09. The Balaban J connectivity index is 1.77. The molecule has 2 N–H and O–H groups in total. The minimum absolute atomic E-state index is 0.290. The third kappa shape index (κ3) is 2.42. The number of hydrogen-bond acceptors (Lipinski definition) is 4. The van der Waals surface area contributed by atoms with Crippen molar-refractivity contribution >= 4 is 0 Å². The zero-order valence-electron chi connectivity index (χ0n) is 11.4. The number of para-hydroxylation sites is 1. The number of ether oxygens (including phenoxy) is 1. The Morgan fingerprint density at radius 2 is 2.32 bits per heavy atom. The number of fused-ring (bicyclic) bond motifs is 1. The van der Waals surface area contributed by atoms with Gasteiger partial charge in [0.25, 0.3) is 0 Å². The van der Waals surface area contributed by atoms with Crippen LogP contribution in [0.5, 0.6) is 11.5 Å². The summed E-state index contributed by atoms with van der Waals surface area (Å²) >= 11 is 0. The predicted molar refractivity (Wildman–Crippen MR) is 74.5 cm³/mol. The average Bonchev–Trinajstić information content (AvgIpc) is 2.90. The number of phenols is 1. The van der Waals surface area contributed by atoms with E-state index in [0.717, 1.165) is 37.7 Å². The quantitative estimate of drug-likeness (QED) is 0.868. The van der Waals surface area contributed by atoms with E-state index in [1.807, 2.05) is 12.1 Å². The molecule has 0 aliphatic carbocycles. The summed E-state index contributed by atoms with van der Waals surface area (Å²) in [5, 5.41) is 13.7. The fourth-order valence-electron chi connectivity index (χ4n) is 3.44. The summed E-state index contributed by atoms with van der Waals surface area (Å²) in [6.07, 6.45) is 2.59. The highest BCUT2D eigenvalue weighted by Crippen LogP contribution is 2.33. The van der Waals surface area contributed by atoms with Crippen LogP contribution in [0.2, 0.25) is 0 Å². The normalized spacial score (nSPS) is 27.2. The zero-order chi connectivity index (χ0) is 13.2. The third-order valence-corrected chi connectivity index (χ3v) is 4.47. The molecule has 1 aromatic rings. The van der Waals surface area contributed by atoms with E-state index in [4.69, 9.17) is 4.74 Å². The van der Waals surface area contributed by atoms with E-state index in [1.165, 1.54) is 12.8 Å². The van der Waals surface area contributed by atoms with Crippen LogP contribution >= 0.6 is 0 Å². The molecule has 2 atom stereocenters. The van der Waals surface area contributed by atoms with Gasteiger partial charge in [-0.15, -0.1) is 0 Å². The number of methoxy groups -OCH3 is 1. The van der Waals surface area contributed by atoms with Gasteiger partial charge >= 0.3 is 0 Å². The van der Waals surface area contributed by atoms with Crippen molar-refractivity contribution in [1.29, 1.82) is 0 Å². The third-order valence-electron chi connectivity index (χ3n) is 4.47. The van der Waals surface area contributed by atoms with Crippen LogP contribution in [-0.2, 0) is 6.54 Å². The number of hydrogen-bond donors (Lipinski definition) is 2. The van der Waals surface area contributed by atoms with Crippen molar-refractivity contribution in [3.05, 3.63) is 23.8 Å². The lowest BCUT2D eigenvalue weighted by molar-refractivity contribution is 0.116. The number of likely N-dealkylation sites (tertiary alicyclic amines) is 1. The summed E-state index contributed by atoms with van der Waals surface area (Å²) in [5.74, 6) is 1.63. The minimum Gasteiger partial charge on any atom is -0.504 e. The molecule has 1 aromatic carbocycles. The van der Waals surface area contributed by atoms with Crippen molar-refractivity contribution in [3.8, 4) is 11.5 Å². The number of piperidine rings is 1. The highest BCUT2D eigenvalue weighted by atomic mass is 16.5. The predicted octanol–water partition coefficient (Wildman–Crippen LogP) is 1.58. The Labute approximate surface area is 114 Å². The summed E-state index contributed by atoms with van der Waals surface area (Å²) in [6.45, 7) is 4.16. The van der Waals surface area contributed by atoms with Crippen LogP contribution in [0, 0.1) is 5.92 Å². The van der Waals surface area contributed by atoms with Crippen LogP contribution in [0.1, 0.15) is 18.4 Å². The number of aromatic hydroxyl groups is 1. The second-order valence-electron chi connectivity index (χ2n) is 5.57. The molecule has 4 nitrogen and oxygen atoms in total. The molecule has 2 aliphatic rings. The second kappa shape index (κ2) is 5.39. The first-order chi connectivity index (χ1) is 9.29. The lowest BCUT2D eigenvalue weighted by Gasteiger charge is -2.37. The van der Waals surface area contributed by atoms with E-state index >= 15 is 0 Å². The summed E-state index contributed by atoms with van der Waals surface area (Å²) in [4.78, 5) is 2.50. The summed E-state index contributed by atoms with van der Waals surface area (Å²) in [6, 6.07) is 6.36. The molecular weight excluding hydrogens is 240 g/mol. The SMILES string of the molecule is COc1cccc(CN2CCCC3CNCC32)c1O. The molecule has 2 heterocycles.